The van der Waals surface area contributed by atoms with E-state index in [0.29, 0.717) is 10.6 Å². The van der Waals surface area contributed by atoms with Crippen LogP contribution in [-0.4, -0.2) is 53.6 Å². The molecule has 3 aromatic rings. The molecular formula is C23H20Cl2N6O5S. The molecule has 1 unspecified atom stereocenters. The van der Waals surface area contributed by atoms with Gasteiger partial charge < -0.3 is 10.6 Å². The maximum absolute atomic E-state index is 13.6. The third kappa shape index (κ3) is 5.42. The molecule has 1 aromatic carbocycles. The number of aryl methyl sites for hydroxylation is 1. The van der Waals surface area contributed by atoms with Crippen molar-refractivity contribution in [1.82, 2.24) is 15.3 Å². The molecule has 0 saturated heterocycles. The fourth-order valence-electron chi connectivity index (χ4n) is 3.84. The number of halogens is 2. The summed E-state index contributed by atoms with van der Waals surface area (Å²) in [5.41, 5.74) is 0.923. The van der Waals surface area contributed by atoms with Gasteiger partial charge in [0.25, 0.3) is 16.0 Å². The van der Waals surface area contributed by atoms with Crippen molar-refractivity contribution in [3.63, 3.8) is 0 Å². The molecule has 11 nitrogen and oxygen atoms in total. The molecule has 0 aliphatic carbocycles. The Hall–Kier alpha value is -3.58. The van der Waals surface area contributed by atoms with Gasteiger partial charge in [0.15, 0.2) is 5.82 Å². The van der Waals surface area contributed by atoms with Crippen molar-refractivity contribution in [3.8, 4) is 0 Å². The summed E-state index contributed by atoms with van der Waals surface area (Å²) in [6.07, 6.45) is 2.69. The lowest BCUT2D eigenvalue weighted by molar-refractivity contribution is -0.117. The lowest BCUT2D eigenvalue weighted by Crippen LogP contribution is -2.39. The molecule has 2 amide bonds. The molecule has 1 aliphatic rings. The van der Waals surface area contributed by atoms with E-state index in [9.17, 15) is 22.6 Å². The van der Waals surface area contributed by atoms with Crippen molar-refractivity contribution < 1.29 is 22.6 Å². The van der Waals surface area contributed by atoms with Crippen LogP contribution in [0.1, 0.15) is 28.0 Å². The van der Waals surface area contributed by atoms with Crippen LogP contribution in [0.3, 0.4) is 0 Å². The SMILES string of the molecule is CNC(=O)c1cc(Cl)cc(C)c1NC(=O)C1CC(c2ncccc2S(=O)(=O)O)=NN1c1ncccc1Cl. The van der Waals surface area contributed by atoms with E-state index >= 15 is 0 Å². The molecule has 37 heavy (non-hydrogen) atoms. The van der Waals surface area contributed by atoms with Crippen LogP contribution in [0.2, 0.25) is 10.0 Å². The number of anilines is 2. The fraction of sp³-hybridized carbons (Fsp3) is 0.174. The van der Waals surface area contributed by atoms with Gasteiger partial charge in [-0.15, -0.1) is 0 Å². The monoisotopic (exact) mass is 562 g/mol. The van der Waals surface area contributed by atoms with Gasteiger partial charge in [0.05, 0.1) is 22.0 Å². The predicted octanol–water partition coefficient (Wildman–Crippen LogP) is 3.32. The van der Waals surface area contributed by atoms with Gasteiger partial charge in [-0.25, -0.2) is 9.99 Å². The van der Waals surface area contributed by atoms with Crippen LogP contribution in [0, 0.1) is 6.92 Å². The largest absolute Gasteiger partial charge is 0.355 e. The average molecular weight is 563 g/mol. The highest BCUT2D eigenvalue weighted by Gasteiger charge is 2.38. The molecule has 3 heterocycles. The Bertz CT molecular complexity index is 1550. The summed E-state index contributed by atoms with van der Waals surface area (Å²) in [4.78, 5) is 33.9. The van der Waals surface area contributed by atoms with E-state index in [1.807, 2.05) is 0 Å². The Kier molecular flexibility index (Phi) is 7.46. The van der Waals surface area contributed by atoms with Crippen molar-refractivity contribution in [2.75, 3.05) is 17.4 Å². The van der Waals surface area contributed by atoms with Crippen LogP contribution >= 0.6 is 23.2 Å². The van der Waals surface area contributed by atoms with Gasteiger partial charge in [-0.2, -0.15) is 13.5 Å². The molecule has 4 rings (SSSR count). The number of carbonyl (C=O) groups excluding carboxylic acids is 2. The first-order valence-electron chi connectivity index (χ1n) is 10.7. The molecule has 0 spiro atoms. The molecule has 2 aromatic heterocycles. The predicted molar refractivity (Wildman–Crippen MR) is 139 cm³/mol. The maximum Gasteiger partial charge on any atom is 0.296 e. The summed E-state index contributed by atoms with van der Waals surface area (Å²) in [5.74, 6) is -0.899. The third-order valence-corrected chi connectivity index (χ3v) is 6.91. The highest BCUT2D eigenvalue weighted by Crippen LogP contribution is 2.33. The minimum atomic E-state index is -4.64. The Labute approximate surface area is 222 Å². The quantitative estimate of drug-likeness (QED) is 0.386. The van der Waals surface area contributed by atoms with Crippen molar-refractivity contribution in [3.05, 3.63) is 75.7 Å². The van der Waals surface area contributed by atoms with Crippen LogP contribution in [0.5, 0.6) is 0 Å². The van der Waals surface area contributed by atoms with Gasteiger partial charge in [0.2, 0.25) is 5.91 Å². The zero-order valence-electron chi connectivity index (χ0n) is 19.4. The minimum Gasteiger partial charge on any atom is -0.355 e. The summed E-state index contributed by atoms with van der Waals surface area (Å²) in [6.45, 7) is 1.68. The normalized spacial score (nSPS) is 15.3. The van der Waals surface area contributed by atoms with Gasteiger partial charge in [-0.1, -0.05) is 23.2 Å². The van der Waals surface area contributed by atoms with E-state index in [2.05, 4.69) is 25.7 Å². The highest BCUT2D eigenvalue weighted by atomic mass is 35.5. The van der Waals surface area contributed by atoms with Gasteiger partial charge in [-0.3, -0.25) is 19.1 Å². The van der Waals surface area contributed by atoms with E-state index in [0.717, 1.165) is 0 Å². The van der Waals surface area contributed by atoms with Crippen molar-refractivity contribution in [1.29, 1.82) is 0 Å². The van der Waals surface area contributed by atoms with E-state index in [-0.39, 0.29) is 39.9 Å². The number of rotatable bonds is 6. The van der Waals surface area contributed by atoms with Crippen LogP contribution in [-0.2, 0) is 14.9 Å². The molecule has 0 saturated carbocycles. The summed E-state index contributed by atoms with van der Waals surface area (Å²) in [6, 6.07) is 7.65. The number of hydrazone groups is 1. The Morgan fingerprint density at radius 1 is 1.14 bits per heavy atom. The topological polar surface area (TPSA) is 154 Å². The smallest absolute Gasteiger partial charge is 0.296 e. The summed E-state index contributed by atoms with van der Waals surface area (Å²) >= 11 is 12.5. The molecule has 3 N–H and O–H groups in total. The molecule has 0 fully saturated rings. The van der Waals surface area contributed by atoms with Gasteiger partial charge >= 0.3 is 0 Å². The van der Waals surface area contributed by atoms with Gasteiger partial charge in [0, 0.05) is 30.9 Å². The first-order chi connectivity index (χ1) is 17.5. The average Bonchev–Trinajstić information content (AvgIpc) is 3.30. The molecule has 1 aliphatic heterocycles. The number of aromatic nitrogens is 2. The van der Waals surface area contributed by atoms with E-state index in [1.54, 1.807) is 25.1 Å². The Morgan fingerprint density at radius 2 is 1.84 bits per heavy atom. The number of amides is 2. The zero-order valence-corrected chi connectivity index (χ0v) is 21.8. The summed E-state index contributed by atoms with van der Waals surface area (Å²) in [5, 5.41) is 11.5. The summed E-state index contributed by atoms with van der Waals surface area (Å²) in [7, 11) is -3.19. The number of carbonyl (C=O) groups is 2. The van der Waals surface area contributed by atoms with Crippen molar-refractivity contribution in [2.24, 2.45) is 5.10 Å². The second kappa shape index (κ2) is 10.4. The second-order valence-corrected chi connectivity index (χ2v) is 10.2. The fourth-order valence-corrected chi connectivity index (χ4v) is 4.99. The van der Waals surface area contributed by atoms with Crippen LogP contribution < -0.4 is 15.6 Å². The van der Waals surface area contributed by atoms with Crippen LogP contribution in [0.4, 0.5) is 11.5 Å². The molecular weight excluding hydrogens is 543 g/mol. The standard InChI is InChI=1S/C23H20Cl2N6O5S/c1-12-9-13(24)10-14(22(32)26-2)19(12)29-23(33)17-11-16(20-18(37(34,35)36)6-4-7-27-20)30-31(17)21-15(25)5-3-8-28-21/h3-10,17H,11H2,1-2H3,(H,26,32)(H,29,33)(H,34,35,36). The Balaban J connectivity index is 1.78. The van der Waals surface area contributed by atoms with E-state index in [1.165, 1.54) is 42.6 Å². The van der Waals surface area contributed by atoms with Crippen molar-refractivity contribution in [2.45, 2.75) is 24.3 Å². The van der Waals surface area contributed by atoms with Gasteiger partial charge in [-0.05, 0) is 48.9 Å². The number of nitrogens with one attached hydrogen (secondary N) is 2. The molecule has 0 bridgehead atoms. The minimum absolute atomic E-state index is 0.106. The molecule has 0 radical (unpaired) electrons. The first kappa shape index (κ1) is 26.5. The lowest BCUT2D eigenvalue weighted by atomic mass is 10.0. The third-order valence-electron chi connectivity index (χ3n) is 5.51. The van der Waals surface area contributed by atoms with Crippen molar-refractivity contribution >= 4 is 62.4 Å². The van der Waals surface area contributed by atoms with Crippen LogP contribution in [0.25, 0.3) is 0 Å². The number of pyridine rings is 2. The molecule has 14 heteroatoms. The lowest BCUT2D eigenvalue weighted by Gasteiger charge is -2.23. The summed E-state index contributed by atoms with van der Waals surface area (Å²) < 4.78 is 33.6. The number of hydrogen-bond donors (Lipinski definition) is 3. The van der Waals surface area contributed by atoms with E-state index in [4.69, 9.17) is 23.2 Å². The molecule has 192 valence electrons. The number of nitrogens with zero attached hydrogens (tertiary/aromatic N) is 4. The number of hydrogen-bond acceptors (Lipinski definition) is 8. The Morgan fingerprint density at radius 3 is 2.51 bits per heavy atom. The number of benzene rings is 1. The maximum atomic E-state index is 13.6. The van der Waals surface area contributed by atoms with Crippen LogP contribution in [0.15, 0.2) is 58.8 Å². The highest BCUT2D eigenvalue weighted by molar-refractivity contribution is 7.86. The zero-order chi connectivity index (χ0) is 26.9. The van der Waals surface area contributed by atoms with E-state index < -0.39 is 32.9 Å². The molecule has 1 atom stereocenters. The first-order valence-corrected chi connectivity index (χ1v) is 12.9. The second-order valence-electron chi connectivity index (χ2n) is 7.96. The van der Waals surface area contributed by atoms with Gasteiger partial charge in [0.1, 0.15) is 16.6 Å².